The van der Waals surface area contributed by atoms with E-state index in [0.717, 1.165) is 0 Å². The summed E-state index contributed by atoms with van der Waals surface area (Å²) in [7, 11) is 0. The van der Waals surface area contributed by atoms with Crippen LogP contribution in [-0.2, 0) is 28.4 Å². The number of carbonyl (C=O) groups excluding carboxylic acids is 2. The lowest BCUT2D eigenvalue weighted by Crippen LogP contribution is -2.48. The highest BCUT2D eigenvalue weighted by Crippen LogP contribution is 2.58. The van der Waals surface area contributed by atoms with E-state index >= 15 is 0 Å². The van der Waals surface area contributed by atoms with E-state index in [0.29, 0.717) is 6.42 Å². The van der Waals surface area contributed by atoms with Crippen LogP contribution >= 0.6 is 12.0 Å². The molecule has 2 saturated carbocycles. The topological polar surface area (TPSA) is 91.3 Å². The van der Waals surface area contributed by atoms with Crippen molar-refractivity contribution in [3.63, 3.8) is 0 Å². The predicted molar refractivity (Wildman–Crippen MR) is 66.3 cm³/mol. The molecule has 6 unspecified atom stereocenters. The summed E-state index contributed by atoms with van der Waals surface area (Å²) in [5, 5.41) is 5.88. The van der Waals surface area contributed by atoms with E-state index in [1.165, 1.54) is 0 Å². The largest absolute Gasteiger partial charge is 0.462 e. The Balaban J connectivity index is 1.76. The van der Waals surface area contributed by atoms with Crippen molar-refractivity contribution in [3.8, 4) is 0 Å². The van der Waals surface area contributed by atoms with Crippen LogP contribution < -0.4 is 0 Å². The molecule has 0 radical (unpaired) electrons. The molecule has 0 aromatic heterocycles. The van der Waals surface area contributed by atoms with E-state index in [2.05, 4.69) is 14.1 Å². The second-order valence-electron chi connectivity index (χ2n) is 6.07. The molecule has 13 heteroatoms. The summed E-state index contributed by atoms with van der Waals surface area (Å²) in [5.74, 6) is -5.24. The molecule has 7 nitrogen and oxygen atoms in total. The average Bonchev–Trinajstić information content (AvgIpc) is 3.10. The molecular formula is C12H11F5O7S. The van der Waals surface area contributed by atoms with Gasteiger partial charge in [0, 0.05) is 5.92 Å². The Hall–Kier alpha value is -1.18. The minimum absolute atomic E-state index is 0.288. The monoisotopic (exact) mass is 394 g/mol. The number of esters is 2. The molecule has 1 heterocycles. The summed E-state index contributed by atoms with van der Waals surface area (Å²) in [5.41, 5.74) is 0. The normalized spacial score (nSPS) is 35.0. The third-order valence-corrected chi connectivity index (χ3v) is 5.33. The summed E-state index contributed by atoms with van der Waals surface area (Å²) >= 11 is -1.17. The molecule has 3 rings (SSSR count). The zero-order valence-corrected chi connectivity index (χ0v) is 12.9. The van der Waals surface area contributed by atoms with Gasteiger partial charge >= 0.3 is 23.4 Å². The highest BCUT2D eigenvalue weighted by Gasteiger charge is 2.66. The van der Waals surface area contributed by atoms with Gasteiger partial charge in [0.15, 0.2) is 0 Å². The quantitative estimate of drug-likeness (QED) is 0.241. The first-order chi connectivity index (χ1) is 11.6. The Labute approximate surface area is 140 Å². The molecule has 1 aliphatic heterocycles. The number of alkyl halides is 5. The van der Waals surface area contributed by atoms with Crippen LogP contribution in [0.5, 0.6) is 0 Å². The van der Waals surface area contributed by atoms with E-state index in [1.54, 1.807) is 0 Å². The van der Waals surface area contributed by atoms with E-state index < -0.39 is 59.3 Å². The van der Waals surface area contributed by atoms with Crippen molar-refractivity contribution in [2.75, 3.05) is 0 Å². The Kier molecular flexibility index (Phi) is 4.62. The summed E-state index contributed by atoms with van der Waals surface area (Å²) in [4.78, 5) is 23.9. The van der Waals surface area contributed by atoms with Crippen molar-refractivity contribution in [1.29, 1.82) is 0 Å². The minimum Gasteiger partial charge on any atom is -0.462 e. The van der Waals surface area contributed by atoms with Crippen LogP contribution in [0.3, 0.4) is 0 Å². The molecule has 3 aliphatic rings. The van der Waals surface area contributed by atoms with Crippen molar-refractivity contribution < 1.29 is 55.6 Å². The van der Waals surface area contributed by atoms with Crippen molar-refractivity contribution in [2.45, 2.75) is 36.5 Å². The van der Waals surface area contributed by atoms with Crippen LogP contribution in [0.25, 0.3) is 0 Å². The van der Waals surface area contributed by atoms with Gasteiger partial charge in [-0.15, -0.1) is 4.33 Å². The summed E-state index contributed by atoms with van der Waals surface area (Å²) in [6.45, 7) is 0. The third-order valence-electron chi connectivity index (χ3n) is 4.77. The molecule has 6 atom stereocenters. The molecule has 2 aliphatic carbocycles. The Morgan fingerprint density at radius 1 is 1.28 bits per heavy atom. The standard InChI is InChI=1S/C12H11F5O7S/c13-11(14,15)10(12(16,17)25-24-23-20)22-8(18)6-3-1-4-5(2-3)21-9(19)7(4)6/h3-7,10,20H,1-2H2. The van der Waals surface area contributed by atoms with Crippen LogP contribution in [0.2, 0.25) is 0 Å². The van der Waals surface area contributed by atoms with E-state index in [4.69, 9.17) is 9.99 Å². The number of hydrogen-bond acceptors (Lipinski definition) is 8. The number of fused-ring (bicyclic) bond motifs is 1. The van der Waals surface area contributed by atoms with Gasteiger partial charge in [0.25, 0.3) is 6.10 Å². The fourth-order valence-corrected chi connectivity index (χ4v) is 4.34. The predicted octanol–water partition coefficient (Wildman–Crippen LogP) is 2.32. The second kappa shape index (κ2) is 6.21. The van der Waals surface area contributed by atoms with Crippen molar-refractivity contribution in [2.24, 2.45) is 23.7 Å². The van der Waals surface area contributed by atoms with E-state index in [-0.39, 0.29) is 18.4 Å². The average molecular weight is 394 g/mol. The fraction of sp³-hybridized carbons (Fsp3) is 0.833. The Bertz CT molecular complexity index is 569. The SMILES string of the molecule is O=C(OC(C(F)(F)F)C(F)(F)SOOO)C1C2CC3OC(=O)C1C3C2. The fourth-order valence-electron chi connectivity index (χ4n) is 3.95. The van der Waals surface area contributed by atoms with Crippen LogP contribution in [0.4, 0.5) is 22.0 Å². The van der Waals surface area contributed by atoms with Gasteiger partial charge in [-0.3, -0.25) is 9.59 Å². The van der Waals surface area contributed by atoms with Gasteiger partial charge < -0.3 is 9.47 Å². The summed E-state index contributed by atoms with van der Waals surface area (Å²) < 4.78 is 78.5. The number of hydrogen-bond donors (Lipinski definition) is 1. The summed E-state index contributed by atoms with van der Waals surface area (Å²) in [6, 6.07) is 0. The smallest absolute Gasteiger partial charge is 0.432 e. The zero-order valence-electron chi connectivity index (χ0n) is 12.1. The molecule has 2 bridgehead atoms. The molecule has 0 aromatic carbocycles. The molecule has 0 amide bonds. The minimum atomic E-state index is -5.62. The first-order valence-electron chi connectivity index (χ1n) is 7.07. The lowest BCUT2D eigenvalue weighted by molar-refractivity contribution is -0.434. The van der Waals surface area contributed by atoms with Gasteiger partial charge in [-0.2, -0.15) is 22.0 Å². The van der Waals surface area contributed by atoms with Gasteiger partial charge in [-0.1, -0.05) is 5.04 Å². The van der Waals surface area contributed by atoms with Crippen molar-refractivity contribution in [3.05, 3.63) is 0 Å². The Morgan fingerprint density at radius 2 is 1.96 bits per heavy atom. The number of halogens is 5. The Morgan fingerprint density at radius 3 is 2.56 bits per heavy atom. The molecule has 142 valence electrons. The molecule has 0 aromatic rings. The maximum Gasteiger partial charge on any atom is 0.432 e. The molecule has 1 saturated heterocycles. The molecule has 0 spiro atoms. The van der Waals surface area contributed by atoms with E-state index in [9.17, 15) is 31.5 Å². The number of carbonyl (C=O) groups is 2. The maximum absolute atomic E-state index is 13.6. The first-order valence-corrected chi connectivity index (χ1v) is 7.82. The summed E-state index contributed by atoms with van der Waals surface area (Å²) in [6.07, 6.45) is -9.17. The zero-order chi connectivity index (χ0) is 18.6. The van der Waals surface area contributed by atoms with Crippen molar-refractivity contribution in [1.82, 2.24) is 0 Å². The first kappa shape index (κ1) is 18.6. The lowest BCUT2D eigenvalue weighted by Gasteiger charge is -2.29. The molecule has 3 fully saturated rings. The number of ether oxygens (including phenoxy) is 2. The van der Waals surface area contributed by atoms with Gasteiger partial charge in [0.2, 0.25) is 0 Å². The van der Waals surface area contributed by atoms with Gasteiger partial charge in [-0.25, -0.2) is 5.26 Å². The molecule has 1 N–H and O–H groups in total. The van der Waals surface area contributed by atoms with Crippen molar-refractivity contribution >= 4 is 24.0 Å². The van der Waals surface area contributed by atoms with Gasteiger partial charge in [0.05, 0.1) is 11.8 Å². The van der Waals surface area contributed by atoms with Crippen LogP contribution in [0.15, 0.2) is 0 Å². The third kappa shape index (κ3) is 3.17. The highest BCUT2D eigenvalue weighted by molar-refractivity contribution is 7.95. The number of rotatable bonds is 6. The maximum atomic E-state index is 13.6. The van der Waals surface area contributed by atoms with Crippen LogP contribution in [0.1, 0.15) is 12.8 Å². The highest BCUT2D eigenvalue weighted by atomic mass is 32.2. The second-order valence-corrected chi connectivity index (χ2v) is 6.92. The lowest BCUT2D eigenvalue weighted by atomic mass is 9.80. The molecule has 25 heavy (non-hydrogen) atoms. The van der Waals surface area contributed by atoms with Gasteiger partial charge in [0.1, 0.15) is 18.1 Å². The van der Waals surface area contributed by atoms with Crippen LogP contribution in [-0.4, -0.2) is 40.8 Å². The van der Waals surface area contributed by atoms with E-state index in [1.807, 2.05) is 0 Å². The van der Waals surface area contributed by atoms with Crippen LogP contribution in [0, 0.1) is 23.7 Å². The van der Waals surface area contributed by atoms with Gasteiger partial charge in [-0.05, 0) is 18.8 Å². The molecular weight excluding hydrogens is 383 g/mol.